The Kier molecular flexibility index (Phi) is 3.39. The van der Waals surface area contributed by atoms with Crippen molar-refractivity contribution in [2.24, 2.45) is 0 Å². The standard InChI is InChI=1S/C15H14N2O3S/c1-8-3-6-13(21-8)15(19)16-10-4-5-12-11(7-10)17-14(18)9(2)20-12/h3-7,9H,1-2H3,(H,16,19)(H,17,18)/t9-/m1/s1. The molecule has 0 fully saturated rings. The topological polar surface area (TPSA) is 67.4 Å². The predicted molar refractivity (Wildman–Crippen MR) is 82.2 cm³/mol. The van der Waals surface area contributed by atoms with Crippen LogP contribution in [0.25, 0.3) is 0 Å². The minimum Gasteiger partial charge on any atom is -0.479 e. The monoisotopic (exact) mass is 302 g/mol. The summed E-state index contributed by atoms with van der Waals surface area (Å²) < 4.78 is 5.47. The van der Waals surface area contributed by atoms with E-state index >= 15 is 0 Å². The number of amides is 2. The number of carbonyl (C=O) groups is 2. The lowest BCUT2D eigenvalue weighted by Gasteiger charge is -2.23. The highest BCUT2D eigenvalue weighted by Crippen LogP contribution is 2.32. The largest absolute Gasteiger partial charge is 0.479 e. The van der Waals surface area contributed by atoms with Crippen molar-refractivity contribution in [3.05, 3.63) is 40.1 Å². The number of anilines is 2. The third-order valence-corrected chi connectivity index (χ3v) is 4.13. The van der Waals surface area contributed by atoms with Crippen LogP contribution in [0.4, 0.5) is 11.4 Å². The SMILES string of the molecule is Cc1ccc(C(=O)Nc2ccc3c(c2)NC(=O)[C@@H](C)O3)s1. The first-order valence-electron chi connectivity index (χ1n) is 6.52. The van der Waals surface area contributed by atoms with Gasteiger partial charge in [0.2, 0.25) is 0 Å². The molecule has 0 saturated carbocycles. The van der Waals surface area contributed by atoms with Crippen molar-refractivity contribution >= 4 is 34.5 Å². The van der Waals surface area contributed by atoms with Crippen LogP contribution in [0.5, 0.6) is 5.75 Å². The number of rotatable bonds is 2. The summed E-state index contributed by atoms with van der Waals surface area (Å²) in [5.74, 6) is 0.247. The van der Waals surface area contributed by atoms with Crippen molar-refractivity contribution in [3.63, 3.8) is 0 Å². The lowest BCUT2D eigenvalue weighted by Crippen LogP contribution is -2.34. The van der Waals surface area contributed by atoms with Gasteiger partial charge in [0.05, 0.1) is 10.6 Å². The highest BCUT2D eigenvalue weighted by molar-refractivity contribution is 7.14. The summed E-state index contributed by atoms with van der Waals surface area (Å²) in [5.41, 5.74) is 1.18. The summed E-state index contributed by atoms with van der Waals surface area (Å²) in [7, 11) is 0. The zero-order valence-corrected chi connectivity index (χ0v) is 12.4. The molecular formula is C15H14N2O3S. The Bertz CT molecular complexity index is 723. The fourth-order valence-electron chi connectivity index (χ4n) is 2.04. The molecule has 21 heavy (non-hydrogen) atoms. The molecule has 3 rings (SSSR count). The van der Waals surface area contributed by atoms with Gasteiger partial charge >= 0.3 is 0 Å². The Hall–Kier alpha value is -2.34. The molecule has 5 nitrogen and oxygen atoms in total. The number of aryl methyl sites for hydroxylation is 1. The van der Waals surface area contributed by atoms with E-state index in [1.165, 1.54) is 11.3 Å². The normalized spacial score (nSPS) is 16.7. The van der Waals surface area contributed by atoms with Crippen molar-refractivity contribution < 1.29 is 14.3 Å². The molecule has 6 heteroatoms. The molecule has 0 aliphatic carbocycles. The van der Waals surface area contributed by atoms with Gasteiger partial charge in [0.25, 0.3) is 11.8 Å². The molecule has 0 spiro atoms. The zero-order chi connectivity index (χ0) is 15.0. The van der Waals surface area contributed by atoms with E-state index in [1.54, 1.807) is 31.2 Å². The summed E-state index contributed by atoms with van der Waals surface area (Å²) in [6.07, 6.45) is -0.507. The molecule has 2 amide bonds. The molecule has 0 radical (unpaired) electrons. The van der Waals surface area contributed by atoms with Crippen LogP contribution in [0.3, 0.4) is 0 Å². The van der Waals surface area contributed by atoms with Crippen molar-refractivity contribution in [1.29, 1.82) is 0 Å². The van der Waals surface area contributed by atoms with Gasteiger partial charge in [0, 0.05) is 10.6 Å². The summed E-state index contributed by atoms with van der Waals surface area (Å²) in [6.45, 7) is 3.64. The third-order valence-electron chi connectivity index (χ3n) is 3.13. The molecule has 2 heterocycles. The van der Waals surface area contributed by atoms with E-state index in [1.807, 2.05) is 13.0 Å². The van der Waals surface area contributed by atoms with Gasteiger partial charge < -0.3 is 15.4 Å². The van der Waals surface area contributed by atoms with Gasteiger partial charge in [0.15, 0.2) is 6.10 Å². The Morgan fingerprint density at radius 2 is 2.14 bits per heavy atom. The quantitative estimate of drug-likeness (QED) is 0.896. The second-order valence-electron chi connectivity index (χ2n) is 4.82. The van der Waals surface area contributed by atoms with Gasteiger partial charge in [-0.1, -0.05) is 0 Å². The molecule has 1 aliphatic rings. The Balaban J connectivity index is 1.80. The first-order chi connectivity index (χ1) is 10.0. The Morgan fingerprint density at radius 1 is 1.33 bits per heavy atom. The first-order valence-corrected chi connectivity index (χ1v) is 7.34. The van der Waals surface area contributed by atoms with E-state index in [4.69, 9.17) is 4.74 Å². The van der Waals surface area contributed by atoms with Gasteiger partial charge in [-0.2, -0.15) is 0 Å². The van der Waals surface area contributed by atoms with E-state index in [0.717, 1.165) is 4.88 Å². The smallest absolute Gasteiger partial charge is 0.265 e. The highest BCUT2D eigenvalue weighted by atomic mass is 32.1. The van der Waals surface area contributed by atoms with E-state index < -0.39 is 6.10 Å². The number of ether oxygens (including phenoxy) is 1. The lowest BCUT2D eigenvalue weighted by molar-refractivity contribution is -0.122. The second-order valence-corrected chi connectivity index (χ2v) is 6.11. The summed E-state index contributed by atoms with van der Waals surface area (Å²) in [4.78, 5) is 25.4. The van der Waals surface area contributed by atoms with Crippen molar-refractivity contribution in [3.8, 4) is 5.75 Å². The van der Waals surface area contributed by atoms with Crippen LogP contribution in [0, 0.1) is 6.92 Å². The average molecular weight is 302 g/mol. The van der Waals surface area contributed by atoms with Gasteiger partial charge in [-0.15, -0.1) is 11.3 Å². The van der Waals surface area contributed by atoms with E-state index in [-0.39, 0.29) is 11.8 Å². The average Bonchev–Trinajstić information content (AvgIpc) is 2.87. The number of benzene rings is 1. The maximum Gasteiger partial charge on any atom is 0.265 e. The molecule has 108 valence electrons. The molecular weight excluding hydrogens is 288 g/mol. The fraction of sp³-hybridized carbons (Fsp3) is 0.200. The number of nitrogens with one attached hydrogen (secondary N) is 2. The van der Waals surface area contributed by atoms with Crippen LogP contribution in [0.2, 0.25) is 0 Å². The Labute approximate surface area is 125 Å². The van der Waals surface area contributed by atoms with Crippen LogP contribution < -0.4 is 15.4 Å². The fourth-order valence-corrected chi connectivity index (χ4v) is 2.80. The van der Waals surface area contributed by atoms with Crippen LogP contribution in [0.1, 0.15) is 21.5 Å². The molecule has 1 atom stereocenters. The van der Waals surface area contributed by atoms with Gasteiger partial charge in [-0.3, -0.25) is 9.59 Å². The van der Waals surface area contributed by atoms with E-state index in [0.29, 0.717) is 22.0 Å². The number of thiophene rings is 1. The van der Waals surface area contributed by atoms with Crippen LogP contribution in [0.15, 0.2) is 30.3 Å². The second kappa shape index (κ2) is 5.21. The molecule has 2 N–H and O–H groups in total. The molecule has 2 aromatic rings. The van der Waals surface area contributed by atoms with Crippen molar-refractivity contribution in [1.82, 2.24) is 0 Å². The summed E-state index contributed by atoms with van der Waals surface area (Å²) in [6, 6.07) is 8.88. The zero-order valence-electron chi connectivity index (χ0n) is 11.6. The minimum atomic E-state index is -0.507. The third kappa shape index (κ3) is 2.75. The van der Waals surface area contributed by atoms with Gasteiger partial charge in [-0.25, -0.2) is 0 Å². The van der Waals surface area contributed by atoms with E-state index in [2.05, 4.69) is 10.6 Å². The summed E-state index contributed by atoms with van der Waals surface area (Å²) >= 11 is 1.44. The van der Waals surface area contributed by atoms with Crippen molar-refractivity contribution in [2.75, 3.05) is 10.6 Å². The number of hydrogen-bond donors (Lipinski definition) is 2. The number of hydrogen-bond acceptors (Lipinski definition) is 4. The molecule has 0 unspecified atom stereocenters. The maximum absolute atomic E-state index is 12.1. The molecule has 1 aromatic heterocycles. The predicted octanol–water partition coefficient (Wildman–Crippen LogP) is 3.03. The van der Waals surface area contributed by atoms with E-state index in [9.17, 15) is 9.59 Å². The molecule has 0 bridgehead atoms. The highest BCUT2D eigenvalue weighted by Gasteiger charge is 2.23. The van der Waals surface area contributed by atoms with Crippen LogP contribution in [-0.2, 0) is 4.79 Å². The Morgan fingerprint density at radius 3 is 2.86 bits per heavy atom. The number of fused-ring (bicyclic) bond motifs is 1. The summed E-state index contributed by atoms with van der Waals surface area (Å²) in [5, 5.41) is 5.57. The van der Waals surface area contributed by atoms with Gasteiger partial charge in [-0.05, 0) is 44.2 Å². The van der Waals surface area contributed by atoms with Crippen molar-refractivity contribution in [2.45, 2.75) is 20.0 Å². The number of carbonyl (C=O) groups excluding carboxylic acids is 2. The molecule has 1 aromatic carbocycles. The first kappa shape index (κ1) is 13.6. The molecule has 1 aliphatic heterocycles. The lowest BCUT2D eigenvalue weighted by atomic mass is 10.2. The maximum atomic E-state index is 12.1. The van der Waals surface area contributed by atoms with Crippen LogP contribution in [-0.4, -0.2) is 17.9 Å². The van der Waals surface area contributed by atoms with Gasteiger partial charge in [0.1, 0.15) is 5.75 Å². The van der Waals surface area contributed by atoms with Crippen LogP contribution >= 0.6 is 11.3 Å². The molecule has 0 saturated heterocycles. The minimum absolute atomic E-state index is 0.163.